The lowest BCUT2D eigenvalue weighted by atomic mass is 9.92. The van der Waals surface area contributed by atoms with E-state index in [0.29, 0.717) is 5.56 Å². The van der Waals surface area contributed by atoms with Gasteiger partial charge in [0.05, 0.1) is 5.54 Å². The van der Waals surface area contributed by atoms with Gasteiger partial charge < -0.3 is 5.73 Å². The zero-order valence-corrected chi connectivity index (χ0v) is 9.22. The lowest BCUT2D eigenvalue weighted by Crippen LogP contribution is -2.41. The average Bonchev–Trinajstić information content (AvgIpc) is 2.07. The van der Waals surface area contributed by atoms with Crippen LogP contribution in [0.25, 0.3) is 0 Å². The van der Waals surface area contributed by atoms with Crippen molar-refractivity contribution in [1.29, 1.82) is 0 Å². The summed E-state index contributed by atoms with van der Waals surface area (Å²) in [5.74, 6) is -0.0133. The van der Waals surface area contributed by atoms with Crippen LogP contribution in [0.1, 0.15) is 35.3 Å². The molecule has 0 saturated heterocycles. The van der Waals surface area contributed by atoms with E-state index in [1.807, 2.05) is 32.0 Å². The summed E-state index contributed by atoms with van der Waals surface area (Å²) in [6, 6.07) is 5.68. The number of ketones is 1. The molecule has 1 rings (SSSR count). The van der Waals surface area contributed by atoms with Gasteiger partial charge in [-0.1, -0.05) is 12.1 Å². The Bertz CT molecular complexity index is 361. The summed E-state index contributed by atoms with van der Waals surface area (Å²) in [5.41, 5.74) is 7.97. The highest BCUT2D eigenvalue weighted by molar-refractivity contribution is 6.02. The minimum atomic E-state index is -0.790. The number of hydrogen-bond acceptors (Lipinski definition) is 2. The number of aryl methyl sites for hydroxylation is 2. The van der Waals surface area contributed by atoms with Gasteiger partial charge >= 0.3 is 0 Å². The van der Waals surface area contributed by atoms with Crippen LogP contribution in [0.2, 0.25) is 0 Å². The number of carbonyl (C=O) groups excluding carboxylic acids is 1. The number of Topliss-reactive ketones (excluding diaryl/α,β-unsaturated/α-hetero) is 1. The van der Waals surface area contributed by atoms with Crippen molar-refractivity contribution >= 4 is 5.78 Å². The first-order valence-corrected chi connectivity index (χ1v) is 4.73. The van der Waals surface area contributed by atoms with Crippen molar-refractivity contribution in [2.24, 2.45) is 5.73 Å². The molecule has 0 fully saturated rings. The molecule has 0 aromatic heterocycles. The Hall–Kier alpha value is -1.15. The Morgan fingerprint density at radius 3 is 2.21 bits per heavy atom. The summed E-state index contributed by atoms with van der Waals surface area (Å²) in [6.45, 7) is 7.47. The molecule has 0 spiro atoms. The molecule has 1 aromatic carbocycles. The number of hydrogen-bond donors (Lipinski definition) is 1. The topological polar surface area (TPSA) is 43.1 Å². The molecule has 0 atom stereocenters. The zero-order valence-electron chi connectivity index (χ0n) is 9.22. The summed E-state index contributed by atoms with van der Waals surface area (Å²) in [4.78, 5) is 11.8. The van der Waals surface area contributed by atoms with Crippen LogP contribution < -0.4 is 5.73 Å². The molecule has 0 unspecified atom stereocenters. The molecule has 0 amide bonds. The number of rotatable bonds is 2. The first-order chi connectivity index (χ1) is 6.32. The molecule has 14 heavy (non-hydrogen) atoms. The van der Waals surface area contributed by atoms with Crippen molar-refractivity contribution < 1.29 is 4.79 Å². The van der Waals surface area contributed by atoms with Crippen LogP contribution in [0.3, 0.4) is 0 Å². The van der Waals surface area contributed by atoms with Crippen molar-refractivity contribution in [3.8, 4) is 0 Å². The summed E-state index contributed by atoms with van der Waals surface area (Å²) < 4.78 is 0. The molecule has 1 aromatic rings. The third-order valence-electron chi connectivity index (χ3n) is 2.35. The molecule has 0 heterocycles. The highest BCUT2D eigenvalue weighted by atomic mass is 16.1. The molecule has 76 valence electrons. The third kappa shape index (κ3) is 2.20. The van der Waals surface area contributed by atoms with E-state index in [0.717, 1.165) is 5.56 Å². The fraction of sp³-hybridized carbons (Fsp3) is 0.417. The summed E-state index contributed by atoms with van der Waals surface area (Å²) >= 11 is 0. The second kappa shape index (κ2) is 3.54. The van der Waals surface area contributed by atoms with Crippen molar-refractivity contribution in [2.45, 2.75) is 33.2 Å². The lowest BCUT2D eigenvalue weighted by molar-refractivity contribution is 0.0913. The maximum Gasteiger partial charge on any atom is 0.182 e. The van der Waals surface area contributed by atoms with Gasteiger partial charge in [-0.3, -0.25) is 4.79 Å². The summed E-state index contributed by atoms with van der Waals surface area (Å²) in [5, 5.41) is 0. The zero-order chi connectivity index (χ0) is 10.9. The van der Waals surface area contributed by atoms with E-state index in [1.54, 1.807) is 13.8 Å². The smallest absolute Gasteiger partial charge is 0.182 e. The van der Waals surface area contributed by atoms with Gasteiger partial charge in [0, 0.05) is 5.56 Å². The van der Waals surface area contributed by atoms with Crippen LogP contribution in [0, 0.1) is 13.8 Å². The van der Waals surface area contributed by atoms with Crippen LogP contribution in [-0.2, 0) is 0 Å². The van der Waals surface area contributed by atoms with E-state index in [2.05, 4.69) is 0 Å². The predicted octanol–water partition coefficient (Wildman–Crippen LogP) is 2.22. The fourth-order valence-corrected chi connectivity index (χ4v) is 1.25. The van der Waals surface area contributed by atoms with Gasteiger partial charge in [-0.05, 0) is 44.9 Å². The highest BCUT2D eigenvalue weighted by Gasteiger charge is 2.23. The monoisotopic (exact) mass is 191 g/mol. The fourth-order valence-electron chi connectivity index (χ4n) is 1.25. The Balaban J connectivity index is 3.10. The second-order valence-electron chi connectivity index (χ2n) is 4.35. The van der Waals surface area contributed by atoms with Crippen LogP contribution >= 0.6 is 0 Å². The Kier molecular flexibility index (Phi) is 2.76. The van der Waals surface area contributed by atoms with Gasteiger partial charge in [-0.2, -0.15) is 0 Å². The molecule has 0 aliphatic heterocycles. The van der Waals surface area contributed by atoms with Gasteiger partial charge in [0.1, 0.15) is 0 Å². The summed E-state index contributed by atoms with van der Waals surface area (Å²) in [7, 11) is 0. The van der Waals surface area contributed by atoms with Gasteiger partial charge in [0.25, 0.3) is 0 Å². The SMILES string of the molecule is Cc1ccc(C(=O)C(C)(C)N)cc1C. The minimum Gasteiger partial charge on any atom is -0.319 e. The summed E-state index contributed by atoms with van der Waals surface area (Å²) in [6.07, 6.45) is 0. The molecule has 2 nitrogen and oxygen atoms in total. The number of carbonyl (C=O) groups is 1. The van der Waals surface area contributed by atoms with Crippen molar-refractivity contribution in [3.63, 3.8) is 0 Å². The molecular weight excluding hydrogens is 174 g/mol. The lowest BCUT2D eigenvalue weighted by Gasteiger charge is -2.17. The molecule has 0 bridgehead atoms. The minimum absolute atomic E-state index is 0.0133. The van der Waals surface area contributed by atoms with E-state index in [4.69, 9.17) is 5.73 Å². The first kappa shape index (κ1) is 10.9. The van der Waals surface area contributed by atoms with E-state index in [-0.39, 0.29) is 5.78 Å². The molecule has 0 radical (unpaired) electrons. The predicted molar refractivity (Wildman–Crippen MR) is 58.5 cm³/mol. The van der Waals surface area contributed by atoms with E-state index < -0.39 is 5.54 Å². The second-order valence-corrected chi connectivity index (χ2v) is 4.35. The maximum absolute atomic E-state index is 11.8. The normalized spacial score (nSPS) is 11.5. The molecule has 2 heteroatoms. The molecular formula is C12H17NO. The highest BCUT2D eigenvalue weighted by Crippen LogP contribution is 2.14. The van der Waals surface area contributed by atoms with E-state index in [1.165, 1.54) is 5.56 Å². The van der Waals surface area contributed by atoms with Gasteiger partial charge in [-0.15, -0.1) is 0 Å². The Labute approximate surface area is 85.1 Å². The molecule has 0 aliphatic rings. The van der Waals surface area contributed by atoms with Crippen LogP contribution in [-0.4, -0.2) is 11.3 Å². The Morgan fingerprint density at radius 1 is 1.21 bits per heavy atom. The maximum atomic E-state index is 11.8. The Morgan fingerprint density at radius 2 is 1.79 bits per heavy atom. The third-order valence-corrected chi connectivity index (χ3v) is 2.35. The average molecular weight is 191 g/mol. The van der Waals surface area contributed by atoms with E-state index >= 15 is 0 Å². The van der Waals surface area contributed by atoms with Crippen LogP contribution in [0.5, 0.6) is 0 Å². The first-order valence-electron chi connectivity index (χ1n) is 4.73. The quantitative estimate of drug-likeness (QED) is 0.728. The van der Waals surface area contributed by atoms with E-state index in [9.17, 15) is 4.79 Å². The van der Waals surface area contributed by atoms with Crippen LogP contribution in [0.4, 0.5) is 0 Å². The van der Waals surface area contributed by atoms with Crippen molar-refractivity contribution in [3.05, 3.63) is 34.9 Å². The van der Waals surface area contributed by atoms with Crippen molar-refractivity contribution in [2.75, 3.05) is 0 Å². The number of nitrogens with two attached hydrogens (primary N) is 1. The van der Waals surface area contributed by atoms with Gasteiger partial charge in [-0.25, -0.2) is 0 Å². The number of benzene rings is 1. The molecule has 2 N–H and O–H groups in total. The standard InChI is InChI=1S/C12H17NO/c1-8-5-6-10(7-9(8)2)11(14)12(3,4)13/h5-7H,13H2,1-4H3. The van der Waals surface area contributed by atoms with Gasteiger partial charge in [0.2, 0.25) is 0 Å². The largest absolute Gasteiger partial charge is 0.319 e. The van der Waals surface area contributed by atoms with Crippen molar-refractivity contribution in [1.82, 2.24) is 0 Å². The molecule has 0 saturated carbocycles. The van der Waals surface area contributed by atoms with Crippen LogP contribution in [0.15, 0.2) is 18.2 Å². The molecule has 0 aliphatic carbocycles. The van der Waals surface area contributed by atoms with Gasteiger partial charge in [0.15, 0.2) is 5.78 Å².